The molecule has 1 heterocycles. The summed E-state index contributed by atoms with van der Waals surface area (Å²) in [6.07, 6.45) is -0.907. The largest absolute Gasteiger partial charge is 0.461 e. The molecule has 206 valence electrons. The maximum absolute atomic E-state index is 14.1. The van der Waals surface area contributed by atoms with Crippen LogP contribution in [0.25, 0.3) is 0 Å². The molecule has 0 radical (unpaired) electrons. The van der Waals surface area contributed by atoms with Gasteiger partial charge in [0.25, 0.3) is 0 Å². The molecular weight excluding hydrogens is 488 g/mol. The van der Waals surface area contributed by atoms with Gasteiger partial charge in [0.2, 0.25) is 0 Å². The number of carbonyl (C=O) groups excluding carboxylic acids is 3. The average Bonchev–Trinajstić information content (AvgIpc) is 3.67. The Balaban J connectivity index is 1.64. The van der Waals surface area contributed by atoms with Crippen LogP contribution in [0.15, 0.2) is 42.0 Å². The molecule has 1 aromatic rings. The number of Topliss-reactive ketones (excluding diaryl/α,β-unsaturated/α-hetero) is 1. The highest BCUT2D eigenvalue weighted by Crippen LogP contribution is 2.68. The van der Waals surface area contributed by atoms with Crippen LogP contribution in [0.1, 0.15) is 58.3 Å². The molecule has 2 saturated carbocycles. The van der Waals surface area contributed by atoms with Gasteiger partial charge in [0, 0.05) is 25.9 Å². The molecule has 1 aromatic carbocycles. The van der Waals surface area contributed by atoms with Gasteiger partial charge >= 0.3 is 11.9 Å². The lowest BCUT2D eigenvalue weighted by Gasteiger charge is -2.30. The Hall–Kier alpha value is -2.55. The first-order valence-corrected chi connectivity index (χ1v) is 13.4. The fraction of sp³-hybridized carbons (Fsp3) is 0.633. The highest BCUT2D eigenvalue weighted by atomic mass is 16.7. The lowest BCUT2D eigenvalue weighted by Crippen LogP contribution is -2.43. The Morgan fingerprint density at radius 2 is 1.68 bits per heavy atom. The van der Waals surface area contributed by atoms with Gasteiger partial charge in [0.05, 0.1) is 17.6 Å². The van der Waals surface area contributed by atoms with E-state index >= 15 is 0 Å². The van der Waals surface area contributed by atoms with Crippen LogP contribution in [0.2, 0.25) is 0 Å². The van der Waals surface area contributed by atoms with Gasteiger partial charge in [-0.25, -0.2) is 4.79 Å². The van der Waals surface area contributed by atoms with E-state index in [9.17, 15) is 19.5 Å². The van der Waals surface area contributed by atoms with Gasteiger partial charge in [-0.3, -0.25) is 9.59 Å². The SMILES string of the molecule is CO[C@H]1[C@H]2[C@@H]([C@@H](OC(C)=O)[C@@H](C)C(=O)[C@@]34C[C@H](C)[C@H](O)[C@]3(/C=C(\C)[C@H]1OC(=O)c1ccccc1)O4)C2(C)C. The molecule has 1 saturated heterocycles. The second-order valence-corrected chi connectivity index (χ2v) is 12.2. The molecule has 1 N–H and O–H groups in total. The molecule has 8 heteroatoms. The summed E-state index contributed by atoms with van der Waals surface area (Å²) in [7, 11) is 1.57. The number of epoxide rings is 1. The van der Waals surface area contributed by atoms with Crippen molar-refractivity contribution in [1.29, 1.82) is 0 Å². The van der Waals surface area contributed by atoms with Gasteiger partial charge < -0.3 is 24.1 Å². The molecule has 38 heavy (non-hydrogen) atoms. The fourth-order valence-electron chi connectivity index (χ4n) is 7.55. The van der Waals surface area contributed by atoms with E-state index in [4.69, 9.17) is 18.9 Å². The number of esters is 2. The van der Waals surface area contributed by atoms with E-state index in [1.54, 1.807) is 44.4 Å². The zero-order valence-electron chi connectivity index (χ0n) is 23.1. The minimum atomic E-state index is -1.23. The van der Waals surface area contributed by atoms with E-state index in [2.05, 4.69) is 13.8 Å². The molecule has 0 aromatic heterocycles. The molecule has 5 rings (SSSR count). The van der Waals surface area contributed by atoms with Crippen molar-refractivity contribution in [1.82, 2.24) is 0 Å². The Kier molecular flexibility index (Phi) is 6.40. The summed E-state index contributed by atoms with van der Waals surface area (Å²) in [5.74, 6) is -2.38. The molecular formula is C30H38O8. The van der Waals surface area contributed by atoms with E-state index < -0.39 is 53.5 Å². The second-order valence-electron chi connectivity index (χ2n) is 12.2. The van der Waals surface area contributed by atoms with Crippen LogP contribution in [-0.2, 0) is 28.5 Å². The van der Waals surface area contributed by atoms with Gasteiger partial charge in [0.15, 0.2) is 17.0 Å². The Morgan fingerprint density at radius 1 is 1.05 bits per heavy atom. The molecule has 8 nitrogen and oxygen atoms in total. The van der Waals surface area contributed by atoms with Gasteiger partial charge in [0.1, 0.15) is 18.3 Å². The summed E-state index contributed by atoms with van der Waals surface area (Å²) in [5, 5.41) is 11.2. The first-order valence-electron chi connectivity index (χ1n) is 13.4. The lowest BCUT2D eigenvalue weighted by molar-refractivity contribution is -0.154. The van der Waals surface area contributed by atoms with Gasteiger partial charge in [-0.15, -0.1) is 0 Å². The second kappa shape index (κ2) is 9.00. The smallest absolute Gasteiger partial charge is 0.338 e. The fourth-order valence-corrected chi connectivity index (χ4v) is 7.55. The topological polar surface area (TPSA) is 112 Å². The minimum Gasteiger partial charge on any atom is -0.461 e. The Labute approximate surface area is 223 Å². The van der Waals surface area contributed by atoms with Crippen molar-refractivity contribution in [3.8, 4) is 0 Å². The monoisotopic (exact) mass is 526 g/mol. The summed E-state index contributed by atoms with van der Waals surface area (Å²) < 4.78 is 24.2. The highest BCUT2D eigenvalue weighted by molar-refractivity contribution is 5.96. The van der Waals surface area contributed by atoms with Crippen molar-refractivity contribution in [3.05, 3.63) is 47.5 Å². The Morgan fingerprint density at radius 3 is 2.29 bits per heavy atom. The van der Waals surface area contributed by atoms with Crippen LogP contribution in [0, 0.1) is 29.1 Å². The van der Waals surface area contributed by atoms with Crippen LogP contribution >= 0.6 is 0 Å². The first kappa shape index (κ1) is 27.0. The number of carbonyl (C=O) groups is 3. The third-order valence-corrected chi connectivity index (χ3v) is 9.54. The predicted molar refractivity (Wildman–Crippen MR) is 137 cm³/mol. The molecule has 3 fully saturated rings. The van der Waals surface area contributed by atoms with Crippen molar-refractivity contribution in [2.75, 3.05) is 7.11 Å². The molecule has 1 aliphatic heterocycles. The van der Waals surface area contributed by atoms with Gasteiger partial charge in [-0.05, 0) is 48.5 Å². The highest BCUT2D eigenvalue weighted by Gasteiger charge is 2.82. The third-order valence-electron chi connectivity index (χ3n) is 9.54. The van der Waals surface area contributed by atoms with Crippen LogP contribution in [0.5, 0.6) is 0 Å². The van der Waals surface area contributed by atoms with Crippen molar-refractivity contribution in [2.45, 2.75) is 83.6 Å². The summed E-state index contributed by atoms with van der Waals surface area (Å²) in [4.78, 5) is 39.6. The molecule has 10 atom stereocenters. The minimum absolute atomic E-state index is 0.168. The van der Waals surface area contributed by atoms with Crippen LogP contribution in [0.3, 0.4) is 0 Å². The standard InChI is InChI=1S/C30H38O8/c1-15-13-29-25(32)16(2)14-30(29,38-29)26(33)17(3)23(36-18(4)31)20-21(28(20,5)6)24(35-7)22(15)37-27(34)19-11-9-8-10-12-19/h8-13,16-17,20-25,32H,14H2,1-7H3/b15-13+/t16-,17+,20-,21+,22+,23-,24-,25-,29-,30-/m0/s1. The van der Waals surface area contributed by atoms with E-state index in [-0.39, 0.29) is 29.0 Å². The number of hydrogen-bond donors (Lipinski definition) is 1. The average molecular weight is 527 g/mol. The summed E-state index contributed by atoms with van der Waals surface area (Å²) in [6, 6.07) is 8.73. The van der Waals surface area contributed by atoms with E-state index in [0.717, 1.165) is 0 Å². The number of hydrogen-bond acceptors (Lipinski definition) is 8. The first-order chi connectivity index (χ1) is 17.8. The number of benzene rings is 1. The normalized spacial score (nSPS) is 44.3. The summed E-state index contributed by atoms with van der Waals surface area (Å²) >= 11 is 0. The number of aliphatic hydroxyl groups excluding tert-OH is 1. The van der Waals surface area contributed by atoms with Crippen molar-refractivity contribution >= 4 is 17.7 Å². The van der Waals surface area contributed by atoms with Crippen molar-refractivity contribution in [2.24, 2.45) is 29.1 Å². The predicted octanol–water partition coefficient (Wildman–Crippen LogP) is 3.50. The maximum atomic E-state index is 14.1. The number of ether oxygens (including phenoxy) is 4. The third kappa shape index (κ3) is 3.79. The molecule has 4 aliphatic rings. The number of methoxy groups -OCH3 is 1. The Bertz CT molecular complexity index is 1170. The number of fused-ring (bicyclic) bond motifs is 1. The van der Waals surface area contributed by atoms with Crippen LogP contribution in [0.4, 0.5) is 0 Å². The molecule has 0 spiro atoms. The quantitative estimate of drug-likeness (QED) is 0.361. The van der Waals surface area contributed by atoms with Gasteiger partial charge in [-0.1, -0.05) is 45.9 Å². The zero-order chi connectivity index (χ0) is 27.8. The van der Waals surface area contributed by atoms with E-state index in [1.807, 2.05) is 19.9 Å². The zero-order valence-corrected chi connectivity index (χ0v) is 23.1. The number of rotatable bonds is 4. The van der Waals surface area contributed by atoms with Crippen molar-refractivity contribution in [3.63, 3.8) is 0 Å². The number of aliphatic hydroxyl groups is 1. The van der Waals surface area contributed by atoms with E-state index in [1.165, 1.54) is 6.92 Å². The van der Waals surface area contributed by atoms with Gasteiger partial charge in [-0.2, -0.15) is 0 Å². The summed E-state index contributed by atoms with van der Waals surface area (Å²) in [5.41, 5.74) is -1.78. The van der Waals surface area contributed by atoms with E-state index in [0.29, 0.717) is 17.6 Å². The van der Waals surface area contributed by atoms with Crippen LogP contribution < -0.4 is 0 Å². The molecule has 0 amide bonds. The maximum Gasteiger partial charge on any atom is 0.338 e. The molecule has 3 aliphatic carbocycles. The molecule has 0 bridgehead atoms. The van der Waals surface area contributed by atoms with Crippen LogP contribution in [-0.4, -0.2) is 65.6 Å². The van der Waals surface area contributed by atoms with Crippen molar-refractivity contribution < 1.29 is 38.4 Å². The lowest BCUT2D eigenvalue weighted by atomic mass is 9.80. The summed E-state index contributed by atoms with van der Waals surface area (Å²) in [6.45, 7) is 11.0. The molecule has 0 unspecified atom stereocenters. The number of ketones is 1.